The zero-order valence-electron chi connectivity index (χ0n) is 7.18. The first-order valence-corrected chi connectivity index (χ1v) is 5.40. The molecule has 66 valence electrons. The fraction of sp³-hybridized carbons (Fsp3) is 0.273. The molecule has 1 heterocycles. The highest BCUT2D eigenvalue weighted by molar-refractivity contribution is 9.10. The molecular formula is C11H10BrN. The normalized spacial score (nSPS) is 16.7. The molecule has 0 unspecified atom stereocenters. The van der Waals surface area contributed by atoms with Crippen molar-refractivity contribution < 1.29 is 0 Å². The average molecular weight is 236 g/mol. The second-order valence-corrected chi connectivity index (χ2v) is 4.62. The predicted molar refractivity (Wildman–Crippen MR) is 58.0 cm³/mol. The van der Waals surface area contributed by atoms with Gasteiger partial charge in [-0.05, 0) is 36.5 Å². The Labute approximate surface area is 85.3 Å². The van der Waals surface area contributed by atoms with Gasteiger partial charge in [-0.15, -0.1) is 0 Å². The topological polar surface area (TPSA) is 15.8 Å². The first-order chi connectivity index (χ1) is 6.34. The molecule has 0 radical (unpaired) electrons. The molecular weight excluding hydrogens is 226 g/mol. The van der Waals surface area contributed by atoms with E-state index < -0.39 is 0 Å². The lowest BCUT2D eigenvalue weighted by Crippen LogP contribution is -1.74. The van der Waals surface area contributed by atoms with Gasteiger partial charge in [0, 0.05) is 21.6 Å². The smallest absolute Gasteiger partial charge is 0.0468 e. The van der Waals surface area contributed by atoms with Gasteiger partial charge < -0.3 is 4.98 Å². The zero-order chi connectivity index (χ0) is 8.84. The Bertz CT molecular complexity index is 454. The van der Waals surface area contributed by atoms with Crippen molar-refractivity contribution in [1.29, 1.82) is 0 Å². The van der Waals surface area contributed by atoms with Crippen LogP contribution in [-0.2, 0) is 0 Å². The van der Waals surface area contributed by atoms with Crippen molar-refractivity contribution in [3.63, 3.8) is 0 Å². The van der Waals surface area contributed by atoms with Crippen LogP contribution in [-0.4, -0.2) is 4.98 Å². The van der Waals surface area contributed by atoms with Crippen molar-refractivity contribution in [3.8, 4) is 0 Å². The van der Waals surface area contributed by atoms with Gasteiger partial charge in [-0.3, -0.25) is 0 Å². The van der Waals surface area contributed by atoms with Crippen LogP contribution in [0.3, 0.4) is 0 Å². The summed E-state index contributed by atoms with van der Waals surface area (Å²) in [7, 11) is 0. The second-order valence-electron chi connectivity index (χ2n) is 3.71. The Morgan fingerprint density at radius 1 is 1.31 bits per heavy atom. The number of H-pyrrole nitrogens is 1. The molecule has 0 amide bonds. The fourth-order valence-electron chi connectivity index (χ4n) is 1.85. The Morgan fingerprint density at radius 3 is 2.92 bits per heavy atom. The van der Waals surface area contributed by atoms with Gasteiger partial charge in [-0.25, -0.2) is 0 Å². The standard InChI is InChI=1S/C11H10BrN/c12-8-3-4-9-10(7-1-2-7)6-13-11(9)5-8/h3-7,13H,1-2H2. The van der Waals surface area contributed by atoms with Crippen LogP contribution < -0.4 is 0 Å². The van der Waals surface area contributed by atoms with E-state index in [9.17, 15) is 0 Å². The highest BCUT2D eigenvalue weighted by Gasteiger charge is 2.25. The molecule has 2 heteroatoms. The number of nitrogens with one attached hydrogen (secondary N) is 1. The van der Waals surface area contributed by atoms with Crippen molar-refractivity contribution >= 4 is 26.8 Å². The maximum Gasteiger partial charge on any atom is 0.0468 e. The maximum atomic E-state index is 3.47. The molecule has 0 spiro atoms. The van der Waals surface area contributed by atoms with Gasteiger partial charge in [-0.2, -0.15) is 0 Å². The largest absolute Gasteiger partial charge is 0.361 e. The van der Waals surface area contributed by atoms with Crippen LogP contribution in [0.2, 0.25) is 0 Å². The van der Waals surface area contributed by atoms with Crippen molar-refractivity contribution in [2.45, 2.75) is 18.8 Å². The molecule has 13 heavy (non-hydrogen) atoms. The summed E-state index contributed by atoms with van der Waals surface area (Å²) < 4.78 is 1.14. The van der Waals surface area contributed by atoms with Gasteiger partial charge >= 0.3 is 0 Å². The van der Waals surface area contributed by atoms with Gasteiger partial charge in [0.25, 0.3) is 0 Å². The SMILES string of the molecule is Brc1ccc2c(C3CC3)c[nH]c2c1. The van der Waals surface area contributed by atoms with Crippen molar-refractivity contribution in [2.75, 3.05) is 0 Å². The minimum atomic E-state index is 0.829. The Morgan fingerprint density at radius 2 is 2.15 bits per heavy atom. The Hall–Kier alpha value is -0.760. The molecule has 1 fully saturated rings. The van der Waals surface area contributed by atoms with Crippen molar-refractivity contribution in [1.82, 2.24) is 4.98 Å². The number of hydrogen-bond donors (Lipinski definition) is 1. The van der Waals surface area contributed by atoms with Gasteiger partial charge in [0.05, 0.1) is 0 Å². The number of fused-ring (bicyclic) bond motifs is 1. The Balaban J connectivity index is 2.26. The van der Waals surface area contributed by atoms with Crippen LogP contribution in [0.5, 0.6) is 0 Å². The molecule has 1 aliphatic carbocycles. The molecule has 0 aliphatic heterocycles. The van der Waals surface area contributed by atoms with E-state index in [0.717, 1.165) is 10.4 Å². The lowest BCUT2D eigenvalue weighted by atomic mass is 10.1. The third-order valence-electron chi connectivity index (χ3n) is 2.69. The summed E-state index contributed by atoms with van der Waals surface area (Å²) in [5.41, 5.74) is 2.75. The highest BCUT2D eigenvalue weighted by Crippen LogP contribution is 2.43. The monoisotopic (exact) mass is 235 g/mol. The molecule has 1 nitrogen and oxygen atoms in total. The van der Waals surface area contributed by atoms with E-state index in [1.54, 1.807) is 0 Å². The molecule has 0 atom stereocenters. The molecule has 1 aromatic heterocycles. The van der Waals surface area contributed by atoms with Crippen LogP contribution in [0.1, 0.15) is 24.3 Å². The number of halogens is 1. The first-order valence-electron chi connectivity index (χ1n) is 4.61. The van der Waals surface area contributed by atoms with Gasteiger partial charge in [-0.1, -0.05) is 22.0 Å². The van der Waals surface area contributed by atoms with E-state index in [1.165, 1.54) is 29.3 Å². The lowest BCUT2D eigenvalue weighted by Gasteiger charge is -1.94. The van der Waals surface area contributed by atoms with Crippen LogP contribution in [0.25, 0.3) is 10.9 Å². The fourth-order valence-corrected chi connectivity index (χ4v) is 2.21. The molecule has 1 N–H and O–H groups in total. The summed E-state index contributed by atoms with van der Waals surface area (Å²) in [6, 6.07) is 6.45. The molecule has 0 saturated heterocycles. The third-order valence-corrected chi connectivity index (χ3v) is 3.19. The predicted octanol–water partition coefficient (Wildman–Crippen LogP) is 3.81. The van der Waals surface area contributed by atoms with Gasteiger partial charge in [0.15, 0.2) is 0 Å². The number of rotatable bonds is 1. The molecule has 1 aromatic carbocycles. The summed E-state index contributed by atoms with van der Waals surface area (Å²) in [5, 5.41) is 1.39. The maximum absolute atomic E-state index is 3.47. The Kier molecular flexibility index (Phi) is 1.53. The van der Waals surface area contributed by atoms with Crippen LogP contribution >= 0.6 is 15.9 Å². The quantitative estimate of drug-likeness (QED) is 0.774. The van der Waals surface area contributed by atoms with E-state index >= 15 is 0 Å². The van der Waals surface area contributed by atoms with E-state index in [1.807, 2.05) is 0 Å². The van der Waals surface area contributed by atoms with E-state index in [2.05, 4.69) is 45.3 Å². The van der Waals surface area contributed by atoms with E-state index in [4.69, 9.17) is 0 Å². The second kappa shape index (κ2) is 2.61. The lowest BCUT2D eigenvalue weighted by molar-refractivity contribution is 1.15. The van der Waals surface area contributed by atoms with Crippen molar-refractivity contribution in [3.05, 3.63) is 34.4 Å². The molecule has 3 rings (SSSR count). The summed E-state index contributed by atoms with van der Waals surface area (Å²) >= 11 is 3.47. The molecule has 1 saturated carbocycles. The third kappa shape index (κ3) is 1.20. The molecule has 1 aliphatic rings. The molecule has 2 aromatic rings. The van der Waals surface area contributed by atoms with Gasteiger partial charge in [0.1, 0.15) is 0 Å². The number of hydrogen-bond acceptors (Lipinski definition) is 0. The number of aromatic nitrogens is 1. The summed E-state index contributed by atoms with van der Waals surface area (Å²) in [6.07, 6.45) is 4.89. The number of benzene rings is 1. The van der Waals surface area contributed by atoms with Crippen LogP contribution in [0.4, 0.5) is 0 Å². The summed E-state index contributed by atoms with van der Waals surface area (Å²) in [6.45, 7) is 0. The summed E-state index contributed by atoms with van der Waals surface area (Å²) in [5.74, 6) is 0.829. The van der Waals surface area contributed by atoms with Crippen LogP contribution in [0.15, 0.2) is 28.9 Å². The van der Waals surface area contributed by atoms with Crippen LogP contribution in [0, 0.1) is 0 Å². The summed E-state index contributed by atoms with van der Waals surface area (Å²) in [4.78, 5) is 3.32. The molecule has 0 bridgehead atoms. The van der Waals surface area contributed by atoms with Crippen molar-refractivity contribution in [2.24, 2.45) is 0 Å². The van der Waals surface area contributed by atoms with Gasteiger partial charge in [0.2, 0.25) is 0 Å². The zero-order valence-corrected chi connectivity index (χ0v) is 8.76. The minimum Gasteiger partial charge on any atom is -0.361 e. The van der Waals surface area contributed by atoms with E-state index in [-0.39, 0.29) is 0 Å². The number of aromatic amines is 1. The first kappa shape index (κ1) is 7.63. The minimum absolute atomic E-state index is 0.829. The highest BCUT2D eigenvalue weighted by atomic mass is 79.9. The van der Waals surface area contributed by atoms with E-state index in [0.29, 0.717) is 0 Å². The average Bonchev–Trinajstić information content (AvgIpc) is 2.87.